The maximum absolute atomic E-state index is 5.29. The van der Waals surface area contributed by atoms with Crippen molar-refractivity contribution in [2.24, 2.45) is 0 Å². The molecule has 3 nitrogen and oxygen atoms in total. The first kappa shape index (κ1) is 8.48. The van der Waals surface area contributed by atoms with Gasteiger partial charge in [-0.15, -0.1) is 0 Å². The van der Waals surface area contributed by atoms with Crippen molar-refractivity contribution in [3.63, 3.8) is 0 Å². The summed E-state index contributed by atoms with van der Waals surface area (Å²) in [4.78, 5) is 2.50. The molecule has 0 aromatic rings. The summed E-state index contributed by atoms with van der Waals surface area (Å²) in [7, 11) is 0. The van der Waals surface area contributed by atoms with Crippen LogP contribution >= 0.6 is 0 Å². The Hall–Kier alpha value is -0.120. The van der Waals surface area contributed by atoms with Crippen LogP contribution in [0.2, 0.25) is 0 Å². The first-order chi connectivity index (χ1) is 5.95. The van der Waals surface area contributed by atoms with Crippen molar-refractivity contribution >= 4 is 0 Å². The highest BCUT2D eigenvalue weighted by Gasteiger charge is 2.18. The van der Waals surface area contributed by atoms with E-state index in [0.29, 0.717) is 0 Å². The molecule has 2 aliphatic rings. The molecule has 70 valence electrons. The Bertz CT molecular complexity index is 130. The maximum Gasteiger partial charge on any atom is 0.0594 e. The van der Waals surface area contributed by atoms with Gasteiger partial charge in [-0.3, -0.25) is 4.90 Å². The standard InChI is InChI=1S/C9H18N2O/c1-3-10-9(1)2-4-11-5-7-12-8-6-11/h9-10H,1-8H2. The molecule has 0 bridgehead atoms. The van der Waals surface area contributed by atoms with Gasteiger partial charge in [0, 0.05) is 19.1 Å². The summed E-state index contributed by atoms with van der Waals surface area (Å²) >= 11 is 0. The van der Waals surface area contributed by atoms with Gasteiger partial charge in [0.1, 0.15) is 0 Å². The molecule has 2 saturated heterocycles. The van der Waals surface area contributed by atoms with Gasteiger partial charge in [-0.1, -0.05) is 0 Å². The fourth-order valence-corrected chi connectivity index (χ4v) is 1.76. The normalized spacial score (nSPS) is 31.5. The van der Waals surface area contributed by atoms with Crippen LogP contribution in [0.15, 0.2) is 0 Å². The van der Waals surface area contributed by atoms with E-state index in [0.717, 1.165) is 32.3 Å². The Morgan fingerprint density at radius 1 is 1.33 bits per heavy atom. The fourth-order valence-electron chi connectivity index (χ4n) is 1.76. The molecule has 1 unspecified atom stereocenters. The molecule has 1 N–H and O–H groups in total. The van der Waals surface area contributed by atoms with Crippen molar-refractivity contribution < 1.29 is 4.74 Å². The Kier molecular flexibility index (Phi) is 2.98. The highest BCUT2D eigenvalue weighted by atomic mass is 16.5. The Morgan fingerprint density at radius 3 is 2.67 bits per heavy atom. The molecule has 12 heavy (non-hydrogen) atoms. The summed E-state index contributed by atoms with van der Waals surface area (Å²) in [5.41, 5.74) is 0. The van der Waals surface area contributed by atoms with E-state index in [2.05, 4.69) is 10.2 Å². The lowest BCUT2D eigenvalue weighted by Gasteiger charge is -2.32. The third-order valence-electron chi connectivity index (χ3n) is 2.82. The number of hydrogen-bond acceptors (Lipinski definition) is 3. The monoisotopic (exact) mass is 170 g/mol. The second-order valence-corrected chi connectivity index (χ2v) is 3.68. The highest BCUT2D eigenvalue weighted by Crippen LogP contribution is 2.08. The number of ether oxygens (including phenoxy) is 1. The Morgan fingerprint density at radius 2 is 2.08 bits per heavy atom. The van der Waals surface area contributed by atoms with Crippen LogP contribution in [0.4, 0.5) is 0 Å². The first-order valence-electron chi connectivity index (χ1n) is 4.98. The number of nitrogens with one attached hydrogen (secondary N) is 1. The summed E-state index contributed by atoms with van der Waals surface area (Å²) < 4.78 is 5.29. The van der Waals surface area contributed by atoms with Crippen molar-refractivity contribution in [2.45, 2.75) is 18.9 Å². The van der Waals surface area contributed by atoms with Crippen molar-refractivity contribution in [1.82, 2.24) is 10.2 Å². The average Bonchev–Trinajstić information content (AvgIpc) is 2.04. The second-order valence-electron chi connectivity index (χ2n) is 3.68. The SMILES string of the molecule is C1CC(CCN2CCOCC2)N1. The van der Waals surface area contributed by atoms with Crippen molar-refractivity contribution in [2.75, 3.05) is 39.4 Å². The van der Waals surface area contributed by atoms with Crippen LogP contribution in [-0.4, -0.2) is 50.3 Å². The van der Waals surface area contributed by atoms with E-state index in [1.807, 2.05) is 0 Å². The minimum Gasteiger partial charge on any atom is -0.379 e. The molecule has 0 aromatic carbocycles. The largest absolute Gasteiger partial charge is 0.379 e. The number of hydrogen-bond donors (Lipinski definition) is 1. The van der Waals surface area contributed by atoms with E-state index in [-0.39, 0.29) is 0 Å². The van der Waals surface area contributed by atoms with E-state index in [9.17, 15) is 0 Å². The third kappa shape index (κ3) is 2.19. The average molecular weight is 170 g/mol. The predicted molar refractivity (Wildman–Crippen MR) is 48.3 cm³/mol. The molecule has 2 rings (SSSR count). The summed E-state index contributed by atoms with van der Waals surface area (Å²) in [6, 6.07) is 0.813. The maximum atomic E-state index is 5.29. The molecular weight excluding hydrogens is 152 g/mol. The zero-order chi connectivity index (χ0) is 8.23. The Balaban J connectivity index is 1.58. The summed E-state index contributed by atoms with van der Waals surface area (Å²) in [6.45, 7) is 6.60. The van der Waals surface area contributed by atoms with Crippen LogP contribution in [-0.2, 0) is 4.74 Å². The van der Waals surface area contributed by atoms with Gasteiger partial charge in [-0.2, -0.15) is 0 Å². The molecule has 0 aliphatic carbocycles. The molecule has 2 aliphatic heterocycles. The third-order valence-corrected chi connectivity index (χ3v) is 2.82. The molecule has 0 saturated carbocycles. The van der Waals surface area contributed by atoms with Gasteiger partial charge in [0.2, 0.25) is 0 Å². The molecule has 2 fully saturated rings. The minimum absolute atomic E-state index is 0.813. The quantitative estimate of drug-likeness (QED) is 0.649. The second kappa shape index (κ2) is 4.21. The lowest BCUT2D eigenvalue weighted by atomic mass is 10.0. The number of morpholine rings is 1. The van der Waals surface area contributed by atoms with Gasteiger partial charge in [0.15, 0.2) is 0 Å². The van der Waals surface area contributed by atoms with Gasteiger partial charge < -0.3 is 10.1 Å². The van der Waals surface area contributed by atoms with Crippen LogP contribution in [0.5, 0.6) is 0 Å². The van der Waals surface area contributed by atoms with Crippen LogP contribution in [0, 0.1) is 0 Å². The van der Waals surface area contributed by atoms with Gasteiger partial charge >= 0.3 is 0 Å². The summed E-state index contributed by atoms with van der Waals surface area (Å²) in [6.07, 6.45) is 2.70. The zero-order valence-electron chi connectivity index (χ0n) is 7.59. The van der Waals surface area contributed by atoms with Gasteiger partial charge in [-0.25, -0.2) is 0 Å². The fraction of sp³-hybridized carbons (Fsp3) is 1.00. The number of nitrogens with zero attached hydrogens (tertiary/aromatic N) is 1. The molecule has 0 aromatic heterocycles. The van der Waals surface area contributed by atoms with E-state index in [4.69, 9.17) is 4.74 Å². The molecule has 1 atom stereocenters. The van der Waals surface area contributed by atoms with Gasteiger partial charge in [0.05, 0.1) is 13.2 Å². The van der Waals surface area contributed by atoms with Crippen LogP contribution < -0.4 is 5.32 Å². The van der Waals surface area contributed by atoms with E-state index >= 15 is 0 Å². The molecule has 0 amide bonds. The lowest BCUT2D eigenvalue weighted by Crippen LogP contribution is -2.46. The lowest BCUT2D eigenvalue weighted by molar-refractivity contribution is 0.0351. The zero-order valence-corrected chi connectivity index (χ0v) is 7.59. The van der Waals surface area contributed by atoms with Gasteiger partial charge in [-0.05, 0) is 25.9 Å². The van der Waals surface area contributed by atoms with Crippen LogP contribution in [0.1, 0.15) is 12.8 Å². The summed E-state index contributed by atoms with van der Waals surface area (Å²) in [5, 5.41) is 3.43. The van der Waals surface area contributed by atoms with E-state index in [1.54, 1.807) is 0 Å². The van der Waals surface area contributed by atoms with Crippen LogP contribution in [0.3, 0.4) is 0 Å². The topological polar surface area (TPSA) is 24.5 Å². The summed E-state index contributed by atoms with van der Waals surface area (Å²) in [5.74, 6) is 0. The molecular formula is C9H18N2O. The molecule has 0 radical (unpaired) electrons. The predicted octanol–water partition coefficient (Wildman–Crippen LogP) is 0.0706. The van der Waals surface area contributed by atoms with Crippen molar-refractivity contribution in [1.29, 1.82) is 0 Å². The van der Waals surface area contributed by atoms with Crippen molar-refractivity contribution in [3.05, 3.63) is 0 Å². The molecule has 3 heteroatoms. The van der Waals surface area contributed by atoms with Crippen LogP contribution in [0.25, 0.3) is 0 Å². The van der Waals surface area contributed by atoms with E-state index in [1.165, 1.54) is 25.9 Å². The Labute approximate surface area is 74.1 Å². The smallest absolute Gasteiger partial charge is 0.0594 e. The number of rotatable bonds is 3. The highest BCUT2D eigenvalue weighted by molar-refractivity contribution is 4.78. The van der Waals surface area contributed by atoms with Gasteiger partial charge in [0.25, 0.3) is 0 Å². The first-order valence-corrected chi connectivity index (χ1v) is 4.98. The molecule has 2 heterocycles. The minimum atomic E-state index is 0.813. The van der Waals surface area contributed by atoms with Crippen molar-refractivity contribution in [3.8, 4) is 0 Å². The molecule has 0 spiro atoms. The van der Waals surface area contributed by atoms with E-state index < -0.39 is 0 Å².